The van der Waals surface area contributed by atoms with Crippen LogP contribution in [0.3, 0.4) is 0 Å². The zero-order chi connectivity index (χ0) is 19.7. The number of alkyl halides is 3. The van der Waals surface area contributed by atoms with E-state index in [0.29, 0.717) is 13.0 Å². The van der Waals surface area contributed by atoms with Crippen molar-refractivity contribution in [1.82, 2.24) is 10.3 Å². The number of aliphatic hydroxyl groups excluding tert-OH is 1. The maximum Gasteiger partial charge on any atom is 0.416 e. The molecule has 0 aliphatic heterocycles. The third-order valence-electron chi connectivity index (χ3n) is 3.49. The third-order valence-corrected chi connectivity index (χ3v) is 3.49. The van der Waals surface area contributed by atoms with Gasteiger partial charge in [-0.2, -0.15) is 13.2 Å². The molecule has 0 radical (unpaired) electrons. The van der Waals surface area contributed by atoms with Gasteiger partial charge in [0.1, 0.15) is 18.5 Å². The van der Waals surface area contributed by atoms with Crippen LogP contribution in [0.5, 0.6) is 5.75 Å². The number of halogens is 3. The van der Waals surface area contributed by atoms with Crippen LogP contribution in [0.2, 0.25) is 0 Å². The Labute approximate surface area is 154 Å². The molecule has 1 heterocycles. The molecule has 0 spiro atoms. The molecule has 0 fully saturated rings. The van der Waals surface area contributed by atoms with E-state index in [1.54, 1.807) is 6.20 Å². The fourth-order valence-corrected chi connectivity index (χ4v) is 2.13. The van der Waals surface area contributed by atoms with E-state index >= 15 is 0 Å². The molecule has 27 heavy (non-hydrogen) atoms. The van der Waals surface area contributed by atoms with E-state index in [1.807, 2.05) is 18.2 Å². The number of pyridine rings is 1. The van der Waals surface area contributed by atoms with E-state index in [2.05, 4.69) is 15.3 Å². The Bertz CT molecular complexity index is 739. The number of aliphatic imine (C=N–C) groups is 1. The molecule has 0 amide bonds. The van der Waals surface area contributed by atoms with Crippen LogP contribution in [0.4, 0.5) is 13.2 Å². The van der Waals surface area contributed by atoms with Crippen molar-refractivity contribution in [3.05, 3.63) is 59.9 Å². The maximum atomic E-state index is 12.6. The first-order chi connectivity index (χ1) is 12.8. The number of nitrogens with one attached hydrogen (secondary N) is 1. The molecule has 2 aromatic rings. The number of ether oxygens (including phenoxy) is 1. The number of benzene rings is 1. The number of hydrogen-bond donors (Lipinski definition) is 3. The van der Waals surface area contributed by atoms with Crippen molar-refractivity contribution >= 4 is 5.96 Å². The summed E-state index contributed by atoms with van der Waals surface area (Å²) in [4.78, 5) is 8.15. The fourth-order valence-electron chi connectivity index (χ4n) is 2.13. The largest absolute Gasteiger partial charge is 0.491 e. The molecule has 0 saturated carbocycles. The smallest absolute Gasteiger partial charge is 0.416 e. The highest BCUT2D eigenvalue weighted by Gasteiger charge is 2.30. The zero-order valence-corrected chi connectivity index (χ0v) is 14.5. The molecule has 1 aromatic heterocycles. The molecule has 0 bridgehead atoms. The highest BCUT2D eigenvalue weighted by atomic mass is 19.4. The molecule has 9 heteroatoms. The van der Waals surface area contributed by atoms with Gasteiger partial charge in [-0.25, -0.2) is 0 Å². The van der Waals surface area contributed by atoms with Crippen LogP contribution >= 0.6 is 0 Å². The van der Waals surface area contributed by atoms with Crippen molar-refractivity contribution in [2.75, 3.05) is 19.7 Å². The van der Waals surface area contributed by atoms with E-state index < -0.39 is 17.8 Å². The van der Waals surface area contributed by atoms with Crippen molar-refractivity contribution in [2.24, 2.45) is 10.7 Å². The lowest BCUT2D eigenvalue weighted by Crippen LogP contribution is -2.34. The van der Waals surface area contributed by atoms with Crippen LogP contribution in [0, 0.1) is 0 Å². The predicted octanol–water partition coefficient (Wildman–Crippen LogP) is 1.99. The molecule has 1 aromatic carbocycles. The van der Waals surface area contributed by atoms with Crippen molar-refractivity contribution < 1.29 is 23.0 Å². The van der Waals surface area contributed by atoms with Crippen molar-refractivity contribution in [3.63, 3.8) is 0 Å². The summed E-state index contributed by atoms with van der Waals surface area (Å²) in [5.74, 6) is 0.179. The lowest BCUT2D eigenvalue weighted by Gasteiger charge is -2.13. The molecule has 2 rings (SSSR count). The first kappa shape index (κ1) is 20.5. The van der Waals surface area contributed by atoms with E-state index in [1.165, 1.54) is 12.1 Å². The summed E-state index contributed by atoms with van der Waals surface area (Å²) < 4.78 is 43.1. The summed E-state index contributed by atoms with van der Waals surface area (Å²) in [6, 6.07) is 10.1. The topological polar surface area (TPSA) is 92.8 Å². The number of nitrogens with two attached hydrogens (primary N) is 1. The molecular formula is C18H21F3N4O2. The maximum absolute atomic E-state index is 12.6. The minimum absolute atomic E-state index is 0.0225. The van der Waals surface area contributed by atoms with Crippen molar-refractivity contribution in [3.8, 4) is 5.75 Å². The fraction of sp³-hybridized carbons (Fsp3) is 0.333. The first-order valence-corrected chi connectivity index (χ1v) is 8.26. The van der Waals surface area contributed by atoms with Gasteiger partial charge in [-0.1, -0.05) is 12.1 Å². The standard InChI is InChI=1S/C18H21F3N4O2/c19-18(20,21)13-4-3-6-16(10-13)27-12-15(26)11-25-17(22)24-9-7-14-5-1-2-8-23-14/h1-6,8,10,15,26H,7,9,11-12H2,(H3,22,24,25). The molecule has 0 aliphatic carbocycles. The van der Waals surface area contributed by atoms with Gasteiger partial charge in [0.25, 0.3) is 0 Å². The van der Waals surface area contributed by atoms with Crippen LogP contribution in [0.15, 0.2) is 53.7 Å². The van der Waals surface area contributed by atoms with E-state index in [-0.39, 0.29) is 24.9 Å². The Kier molecular flexibility index (Phi) is 7.42. The number of nitrogens with zero attached hydrogens (tertiary/aromatic N) is 2. The monoisotopic (exact) mass is 382 g/mol. The minimum atomic E-state index is -4.45. The first-order valence-electron chi connectivity index (χ1n) is 8.26. The summed E-state index contributed by atoms with van der Waals surface area (Å²) in [5.41, 5.74) is 5.80. The number of aliphatic hydroxyl groups is 1. The summed E-state index contributed by atoms with van der Waals surface area (Å²) in [7, 11) is 0. The second-order valence-electron chi connectivity index (χ2n) is 5.71. The van der Waals surface area contributed by atoms with E-state index in [9.17, 15) is 18.3 Å². The second-order valence-corrected chi connectivity index (χ2v) is 5.71. The average Bonchev–Trinajstić information content (AvgIpc) is 2.65. The number of guanidine groups is 1. The molecule has 146 valence electrons. The van der Waals surface area contributed by atoms with Crippen molar-refractivity contribution in [2.45, 2.75) is 18.7 Å². The van der Waals surface area contributed by atoms with Crippen LogP contribution in [0.1, 0.15) is 11.3 Å². The summed E-state index contributed by atoms with van der Waals surface area (Å²) in [5, 5.41) is 12.7. The highest BCUT2D eigenvalue weighted by molar-refractivity contribution is 5.77. The molecule has 6 nitrogen and oxygen atoms in total. The minimum Gasteiger partial charge on any atom is -0.491 e. The second kappa shape index (κ2) is 9.77. The van der Waals surface area contributed by atoms with Crippen LogP contribution in [-0.2, 0) is 12.6 Å². The van der Waals surface area contributed by atoms with Crippen LogP contribution in [-0.4, -0.2) is 41.9 Å². The highest BCUT2D eigenvalue weighted by Crippen LogP contribution is 2.31. The summed E-state index contributed by atoms with van der Waals surface area (Å²) in [6.07, 6.45) is -3.08. The lowest BCUT2D eigenvalue weighted by molar-refractivity contribution is -0.137. The Balaban J connectivity index is 1.72. The molecular weight excluding hydrogens is 361 g/mol. The molecule has 1 atom stereocenters. The number of rotatable bonds is 8. The van der Waals surface area contributed by atoms with Gasteiger partial charge in [-0.05, 0) is 30.3 Å². The third kappa shape index (κ3) is 7.53. The lowest BCUT2D eigenvalue weighted by atomic mass is 10.2. The predicted molar refractivity (Wildman–Crippen MR) is 95.4 cm³/mol. The number of hydrogen-bond acceptors (Lipinski definition) is 4. The quantitative estimate of drug-likeness (QED) is 0.480. The molecule has 0 saturated heterocycles. The Morgan fingerprint density at radius 1 is 1.26 bits per heavy atom. The summed E-state index contributed by atoms with van der Waals surface area (Å²) in [6.45, 7) is 0.288. The van der Waals surface area contributed by atoms with Gasteiger partial charge in [0.2, 0.25) is 0 Å². The molecule has 1 unspecified atom stereocenters. The van der Waals surface area contributed by atoms with Gasteiger partial charge in [0.05, 0.1) is 12.1 Å². The Morgan fingerprint density at radius 2 is 2.07 bits per heavy atom. The van der Waals surface area contributed by atoms with Gasteiger partial charge >= 0.3 is 6.18 Å². The van der Waals surface area contributed by atoms with Crippen LogP contribution in [0.25, 0.3) is 0 Å². The van der Waals surface area contributed by atoms with Crippen molar-refractivity contribution in [1.29, 1.82) is 0 Å². The normalized spacial score (nSPS) is 13.3. The zero-order valence-electron chi connectivity index (χ0n) is 14.5. The SMILES string of the molecule is NC(=NCC(O)COc1cccc(C(F)(F)F)c1)NCCc1ccccn1. The molecule has 0 aliphatic rings. The Morgan fingerprint density at radius 3 is 2.78 bits per heavy atom. The number of aromatic nitrogens is 1. The van der Waals surface area contributed by atoms with Gasteiger partial charge < -0.3 is 20.9 Å². The van der Waals surface area contributed by atoms with Gasteiger partial charge in [0, 0.05) is 24.9 Å². The van der Waals surface area contributed by atoms with Crippen LogP contribution < -0.4 is 15.8 Å². The van der Waals surface area contributed by atoms with Gasteiger partial charge in [0.15, 0.2) is 5.96 Å². The summed E-state index contributed by atoms with van der Waals surface area (Å²) >= 11 is 0. The average molecular weight is 382 g/mol. The van der Waals surface area contributed by atoms with E-state index in [0.717, 1.165) is 17.8 Å². The van der Waals surface area contributed by atoms with E-state index in [4.69, 9.17) is 10.5 Å². The van der Waals surface area contributed by atoms with Gasteiger partial charge in [-0.15, -0.1) is 0 Å². The molecule has 4 N–H and O–H groups in total. The van der Waals surface area contributed by atoms with Gasteiger partial charge in [-0.3, -0.25) is 9.98 Å². The Hall–Kier alpha value is -2.81.